The molecule has 0 fully saturated rings. The molecule has 0 spiro atoms. The average Bonchev–Trinajstić information content (AvgIpc) is 2.75. The predicted molar refractivity (Wildman–Crippen MR) is 117 cm³/mol. The van der Waals surface area contributed by atoms with Gasteiger partial charge in [-0.05, 0) is 55.3 Å². The first-order valence-electron chi connectivity index (χ1n) is 9.54. The van der Waals surface area contributed by atoms with Crippen molar-refractivity contribution < 1.29 is 14.7 Å². The lowest BCUT2D eigenvalue weighted by molar-refractivity contribution is 0.0958. The summed E-state index contributed by atoms with van der Waals surface area (Å²) >= 11 is 0. The molecule has 0 aliphatic heterocycles. The van der Waals surface area contributed by atoms with E-state index in [-0.39, 0.29) is 11.7 Å². The second-order valence-electron chi connectivity index (χ2n) is 5.72. The standard InChI is InChI=1S/C20H21N5O3.C2H6/c1-2-3-11-22-19(27)15-5-7-16(8-6-15)24-25-17-9-4-14(13-18(17)26)10-12-23-20(21)28;1-2/h4-9,13,26H,10-12H2,1H3,(H,22,27)(H3,21,23,28);1-2H3. The summed E-state index contributed by atoms with van der Waals surface area (Å²) in [5.41, 5.74) is 7.18. The number of nitrogens with zero attached hydrogens (tertiary/aromatic N) is 2. The van der Waals surface area contributed by atoms with Crippen molar-refractivity contribution in [3.8, 4) is 17.6 Å². The summed E-state index contributed by atoms with van der Waals surface area (Å²) in [6.07, 6.45) is 0.529. The Labute approximate surface area is 176 Å². The lowest BCUT2D eigenvalue weighted by atomic mass is 10.1. The second-order valence-corrected chi connectivity index (χ2v) is 5.72. The molecule has 2 aromatic rings. The van der Waals surface area contributed by atoms with Gasteiger partial charge in [0.1, 0.15) is 11.4 Å². The number of amides is 3. The molecule has 0 heterocycles. The van der Waals surface area contributed by atoms with Crippen LogP contribution in [0.5, 0.6) is 5.75 Å². The Hall–Kier alpha value is -3.86. The Morgan fingerprint density at radius 3 is 2.37 bits per heavy atom. The molecule has 0 aliphatic carbocycles. The van der Waals surface area contributed by atoms with Gasteiger partial charge in [-0.1, -0.05) is 25.8 Å². The molecule has 158 valence electrons. The largest absolute Gasteiger partial charge is 0.506 e. The van der Waals surface area contributed by atoms with Crippen LogP contribution in [0, 0.1) is 11.8 Å². The second kappa shape index (κ2) is 13.3. The maximum Gasteiger partial charge on any atom is 0.312 e. The number of nitrogens with two attached hydrogens (primary N) is 1. The third-order valence-electron chi connectivity index (χ3n) is 3.67. The van der Waals surface area contributed by atoms with E-state index in [1.807, 2.05) is 13.8 Å². The lowest BCUT2D eigenvalue weighted by Crippen LogP contribution is -2.30. The van der Waals surface area contributed by atoms with Gasteiger partial charge in [-0.25, -0.2) is 4.79 Å². The number of phenolic OH excluding ortho intramolecular Hbond substituents is 1. The van der Waals surface area contributed by atoms with Gasteiger partial charge >= 0.3 is 6.03 Å². The zero-order valence-electron chi connectivity index (χ0n) is 17.4. The van der Waals surface area contributed by atoms with Crippen molar-refractivity contribution in [2.24, 2.45) is 16.0 Å². The Balaban J connectivity index is 0.00000218. The normalized spacial score (nSPS) is 9.70. The quantitative estimate of drug-likeness (QED) is 0.410. The van der Waals surface area contributed by atoms with E-state index in [1.54, 1.807) is 49.4 Å². The zero-order chi connectivity index (χ0) is 22.4. The van der Waals surface area contributed by atoms with Crippen LogP contribution in [0.2, 0.25) is 0 Å². The van der Waals surface area contributed by atoms with Crippen molar-refractivity contribution in [2.45, 2.75) is 27.2 Å². The average molecular weight is 409 g/mol. The Kier molecular flexibility index (Phi) is 10.8. The number of azo groups is 1. The number of benzene rings is 2. The number of urea groups is 1. The van der Waals surface area contributed by atoms with Gasteiger partial charge in [0.25, 0.3) is 5.91 Å². The van der Waals surface area contributed by atoms with Crippen LogP contribution in [0.3, 0.4) is 0 Å². The number of primary amides is 1. The summed E-state index contributed by atoms with van der Waals surface area (Å²) in [6.45, 7) is 6.38. The summed E-state index contributed by atoms with van der Waals surface area (Å²) in [5.74, 6) is 5.23. The van der Waals surface area contributed by atoms with Gasteiger partial charge < -0.3 is 21.5 Å². The van der Waals surface area contributed by atoms with E-state index < -0.39 is 6.03 Å². The van der Waals surface area contributed by atoms with Crippen LogP contribution in [-0.2, 0) is 6.42 Å². The number of hydrogen-bond donors (Lipinski definition) is 4. The van der Waals surface area contributed by atoms with Crippen molar-refractivity contribution in [3.63, 3.8) is 0 Å². The van der Waals surface area contributed by atoms with Crippen molar-refractivity contribution in [2.75, 3.05) is 13.1 Å². The summed E-state index contributed by atoms with van der Waals surface area (Å²) in [4.78, 5) is 22.6. The smallest absolute Gasteiger partial charge is 0.312 e. The molecule has 0 aromatic heterocycles. The Morgan fingerprint density at radius 2 is 1.77 bits per heavy atom. The molecule has 0 unspecified atom stereocenters. The SMILES string of the molecule is CC.CC#CCNC(=O)c1ccc(N=Nc2ccc(CCNC(N)=O)cc2O)cc1. The van der Waals surface area contributed by atoms with Crippen LogP contribution >= 0.6 is 0 Å². The fourth-order valence-corrected chi connectivity index (χ4v) is 2.25. The number of aromatic hydroxyl groups is 1. The van der Waals surface area contributed by atoms with Gasteiger partial charge in [-0.3, -0.25) is 4.79 Å². The van der Waals surface area contributed by atoms with Crippen LogP contribution in [0.4, 0.5) is 16.2 Å². The van der Waals surface area contributed by atoms with Gasteiger partial charge in [-0.15, -0.1) is 11.0 Å². The monoisotopic (exact) mass is 409 g/mol. The first kappa shape index (κ1) is 24.2. The summed E-state index contributed by atoms with van der Waals surface area (Å²) < 4.78 is 0. The summed E-state index contributed by atoms with van der Waals surface area (Å²) in [6, 6.07) is 11.0. The molecule has 0 atom stereocenters. The van der Waals surface area contributed by atoms with Gasteiger partial charge in [0, 0.05) is 12.1 Å². The molecule has 30 heavy (non-hydrogen) atoms. The highest BCUT2D eigenvalue weighted by atomic mass is 16.3. The third-order valence-corrected chi connectivity index (χ3v) is 3.67. The molecule has 8 nitrogen and oxygen atoms in total. The van der Waals surface area contributed by atoms with Gasteiger partial charge in [0.2, 0.25) is 0 Å². The summed E-state index contributed by atoms with van der Waals surface area (Å²) in [7, 11) is 0. The van der Waals surface area contributed by atoms with Crippen LogP contribution < -0.4 is 16.4 Å². The lowest BCUT2D eigenvalue weighted by Gasteiger charge is -2.04. The van der Waals surface area contributed by atoms with Gasteiger partial charge in [-0.2, -0.15) is 5.11 Å². The highest BCUT2D eigenvalue weighted by Gasteiger charge is 2.05. The van der Waals surface area contributed by atoms with Crippen molar-refractivity contribution >= 4 is 23.3 Å². The number of carbonyl (C=O) groups excluding carboxylic acids is 2. The third kappa shape index (κ3) is 8.44. The number of carbonyl (C=O) groups is 2. The summed E-state index contributed by atoms with van der Waals surface area (Å²) in [5, 5.41) is 23.3. The van der Waals surface area contributed by atoms with E-state index in [1.165, 1.54) is 0 Å². The van der Waals surface area contributed by atoms with Crippen LogP contribution in [0.25, 0.3) is 0 Å². The number of nitrogens with one attached hydrogen (secondary N) is 2. The number of rotatable bonds is 7. The molecule has 8 heteroatoms. The van der Waals surface area contributed by atoms with Crippen LogP contribution in [-0.4, -0.2) is 30.1 Å². The van der Waals surface area contributed by atoms with Gasteiger partial charge in [0.15, 0.2) is 0 Å². The highest BCUT2D eigenvalue weighted by molar-refractivity contribution is 5.94. The Bertz CT molecular complexity index is 928. The maximum absolute atomic E-state index is 11.9. The van der Waals surface area contributed by atoms with Crippen molar-refractivity contribution in [1.29, 1.82) is 0 Å². The maximum atomic E-state index is 11.9. The fourth-order valence-electron chi connectivity index (χ4n) is 2.25. The van der Waals surface area contributed by atoms with Crippen molar-refractivity contribution in [3.05, 3.63) is 53.6 Å². The minimum Gasteiger partial charge on any atom is -0.506 e. The first-order chi connectivity index (χ1) is 14.5. The van der Waals surface area contributed by atoms with Gasteiger partial charge in [0.05, 0.1) is 12.2 Å². The van der Waals surface area contributed by atoms with E-state index in [4.69, 9.17) is 5.73 Å². The first-order valence-corrected chi connectivity index (χ1v) is 9.54. The van der Waals surface area contributed by atoms with E-state index >= 15 is 0 Å². The molecule has 2 rings (SSSR count). The molecule has 5 N–H and O–H groups in total. The van der Waals surface area contributed by atoms with E-state index in [0.717, 1.165) is 5.56 Å². The van der Waals surface area contributed by atoms with Crippen LogP contribution in [0.1, 0.15) is 36.7 Å². The minimum atomic E-state index is -0.590. The van der Waals surface area contributed by atoms with Crippen molar-refractivity contribution in [1.82, 2.24) is 10.6 Å². The van der Waals surface area contributed by atoms with Crippen LogP contribution in [0.15, 0.2) is 52.7 Å². The molecule has 0 radical (unpaired) electrons. The Morgan fingerprint density at radius 1 is 1.07 bits per heavy atom. The van der Waals surface area contributed by atoms with E-state index in [9.17, 15) is 14.7 Å². The molecule has 0 saturated heterocycles. The molecule has 0 aliphatic rings. The minimum absolute atomic E-state index is 0.0200. The topological polar surface area (TPSA) is 129 Å². The van der Waals surface area contributed by atoms with E-state index in [0.29, 0.717) is 36.4 Å². The number of phenols is 1. The van der Waals surface area contributed by atoms with E-state index in [2.05, 4.69) is 32.7 Å². The molecule has 3 amide bonds. The highest BCUT2D eigenvalue weighted by Crippen LogP contribution is 2.29. The molecule has 2 aromatic carbocycles. The number of hydrogen-bond acceptors (Lipinski definition) is 5. The molecular weight excluding hydrogens is 382 g/mol. The molecule has 0 saturated carbocycles. The zero-order valence-corrected chi connectivity index (χ0v) is 17.4. The molecule has 0 bridgehead atoms. The fraction of sp³-hybridized carbons (Fsp3) is 0.273. The predicted octanol–water partition coefficient (Wildman–Crippen LogP) is 3.80. The molecular formula is C22H27N5O3.